The normalized spacial score (nSPS) is 10.0. The Balaban J connectivity index is 0.000000217. The Morgan fingerprint density at radius 3 is 1.58 bits per heavy atom. The van der Waals surface area contributed by atoms with Gasteiger partial charge in [-0.1, -0.05) is 0 Å². The third-order valence-electron chi connectivity index (χ3n) is 0.843. The molecule has 0 amide bonds. The summed E-state index contributed by atoms with van der Waals surface area (Å²) in [6.07, 6.45) is 0. The maximum atomic E-state index is 8.52. The molecular weight excluding hydrogens is 234 g/mol. The zero-order valence-corrected chi connectivity index (χ0v) is 9.92. The molecule has 0 aromatic heterocycles. The Hall–Kier alpha value is -0.287. The van der Waals surface area contributed by atoms with Gasteiger partial charge in [0.1, 0.15) is 0 Å². The van der Waals surface area contributed by atoms with Crippen molar-refractivity contribution in [3.05, 3.63) is 30.3 Å². The molecule has 0 bridgehead atoms. The van der Waals surface area contributed by atoms with Crippen LogP contribution in [0.3, 0.4) is 0 Å². The molecule has 0 fully saturated rings. The van der Waals surface area contributed by atoms with Gasteiger partial charge in [-0.3, -0.25) is 8.42 Å². The van der Waals surface area contributed by atoms with Gasteiger partial charge in [-0.25, -0.2) is 0 Å². The van der Waals surface area contributed by atoms with Gasteiger partial charge in [0.05, 0.1) is 0 Å². The van der Waals surface area contributed by atoms with Crippen molar-refractivity contribution in [2.24, 2.45) is 0 Å². The Kier molecular flexibility index (Phi) is 5.25. The van der Waals surface area contributed by atoms with E-state index in [1.807, 2.05) is 6.07 Å². The van der Waals surface area contributed by atoms with E-state index in [0.717, 1.165) is 0 Å². The minimum atomic E-state index is -5.17. The van der Waals surface area contributed by atoms with Gasteiger partial charge in [0.2, 0.25) is 0 Å². The van der Waals surface area contributed by atoms with E-state index < -0.39 is 10.4 Å². The molecule has 1 aromatic rings. The molecule has 0 radical (unpaired) electrons. The summed E-state index contributed by atoms with van der Waals surface area (Å²) in [5, 5.41) is 0. The zero-order chi connectivity index (χ0) is 9.61. The van der Waals surface area contributed by atoms with Crippen LogP contribution in [0.15, 0.2) is 30.3 Å². The van der Waals surface area contributed by atoms with Gasteiger partial charge in [0, 0.05) is 10.4 Å². The first kappa shape index (κ1) is 11.7. The molecule has 1 aromatic carbocycles. The molecule has 4 nitrogen and oxygen atoms in total. The second-order valence-electron chi connectivity index (χ2n) is 1.89. The van der Waals surface area contributed by atoms with E-state index in [2.05, 4.69) is 24.3 Å². The van der Waals surface area contributed by atoms with E-state index in [4.69, 9.17) is 17.5 Å². The molecule has 0 spiro atoms. The van der Waals surface area contributed by atoms with Crippen LogP contribution in [-0.2, 0) is 28.7 Å². The van der Waals surface area contributed by atoms with E-state index in [-0.39, 0.29) is 0 Å². The van der Waals surface area contributed by atoms with E-state index in [0.29, 0.717) is 0 Å². The molecule has 6 heteroatoms. The fourth-order valence-corrected chi connectivity index (χ4v) is 1.05. The summed E-state index contributed by atoms with van der Waals surface area (Å²) in [4.78, 5) is 0. The van der Waals surface area contributed by atoms with E-state index in [1.165, 1.54) is 22.5 Å². The van der Waals surface area contributed by atoms with Crippen molar-refractivity contribution in [3.8, 4) is 0 Å². The Morgan fingerprint density at radius 1 is 1.08 bits per heavy atom. The summed E-state index contributed by atoms with van der Waals surface area (Å²) in [6, 6.07) is 10.5. The quantitative estimate of drug-likeness (QED) is 0.347. The molecule has 0 saturated heterocycles. The first-order valence-electron chi connectivity index (χ1n) is 2.93. The van der Waals surface area contributed by atoms with E-state index >= 15 is 0 Å². The maximum absolute atomic E-state index is 8.52. The van der Waals surface area contributed by atoms with E-state index in [9.17, 15) is 0 Å². The van der Waals surface area contributed by atoms with Gasteiger partial charge in [-0.2, -0.15) is 0 Å². The van der Waals surface area contributed by atoms with Gasteiger partial charge >= 0.3 is 52.8 Å². The topological polar surface area (TPSA) is 80.3 Å². The molecular formula is C6H5O4SZn. The molecule has 0 heterocycles. The van der Waals surface area contributed by atoms with Crippen LogP contribution in [0.1, 0.15) is 0 Å². The van der Waals surface area contributed by atoms with Crippen LogP contribution in [0.4, 0.5) is 0 Å². The molecule has 0 saturated carbocycles. The van der Waals surface area contributed by atoms with Crippen molar-refractivity contribution < 1.29 is 35.8 Å². The van der Waals surface area contributed by atoms with Gasteiger partial charge in [-0.15, -0.1) is 0 Å². The number of rotatable bonds is 0. The van der Waals surface area contributed by atoms with Gasteiger partial charge < -0.3 is 9.11 Å². The molecule has 61 valence electrons. The van der Waals surface area contributed by atoms with Crippen molar-refractivity contribution in [2.45, 2.75) is 0 Å². The van der Waals surface area contributed by atoms with Gasteiger partial charge in [0.25, 0.3) is 0 Å². The van der Waals surface area contributed by atoms with Crippen LogP contribution in [0.25, 0.3) is 0 Å². The first-order chi connectivity index (χ1) is 5.39. The van der Waals surface area contributed by atoms with Gasteiger partial charge in [0.15, 0.2) is 0 Å². The number of hydrogen-bond donors (Lipinski definition) is 0. The predicted octanol–water partition coefficient (Wildman–Crippen LogP) is -0.479. The minimum absolute atomic E-state index is 1.26. The number of hydrogen-bond acceptors (Lipinski definition) is 4. The van der Waals surface area contributed by atoms with Crippen LogP contribution < -0.4 is 4.16 Å². The van der Waals surface area contributed by atoms with Crippen molar-refractivity contribution >= 4 is 14.6 Å². The van der Waals surface area contributed by atoms with Crippen molar-refractivity contribution in [3.63, 3.8) is 0 Å². The summed E-state index contributed by atoms with van der Waals surface area (Å²) in [5.41, 5.74) is 0. The second-order valence-corrected chi connectivity index (χ2v) is 4.42. The molecule has 1 rings (SSSR count). The molecule has 0 aliphatic carbocycles. The average molecular weight is 239 g/mol. The Bertz CT molecular complexity index is 300. The summed E-state index contributed by atoms with van der Waals surface area (Å²) in [5.74, 6) is 0. The first-order valence-corrected chi connectivity index (χ1v) is 5.75. The average Bonchev–Trinajstić information content (AvgIpc) is 1.85. The Morgan fingerprint density at radius 2 is 1.42 bits per heavy atom. The molecule has 0 atom stereocenters. The van der Waals surface area contributed by atoms with Crippen LogP contribution in [-0.4, -0.2) is 17.5 Å². The van der Waals surface area contributed by atoms with E-state index in [1.54, 1.807) is 0 Å². The van der Waals surface area contributed by atoms with Crippen molar-refractivity contribution in [2.75, 3.05) is 0 Å². The van der Waals surface area contributed by atoms with Crippen LogP contribution in [0.5, 0.6) is 0 Å². The third kappa shape index (κ3) is 12.4. The zero-order valence-electron chi connectivity index (χ0n) is 6.14. The predicted molar refractivity (Wildman–Crippen MR) is 36.6 cm³/mol. The summed E-state index contributed by atoms with van der Waals surface area (Å²) in [7, 11) is -5.17. The molecule has 12 heavy (non-hydrogen) atoms. The fourth-order valence-electron chi connectivity index (χ4n) is 0.478. The van der Waals surface area contributed by atoms with Crippen molar-refractivity contribution in [1.82, 2.24) is 0 Å². The summed E-state index contributed by atoms with van der Waals surface area (Å²) >= 11 is 1.26. The molecule has 0 unspecified atom stereocenters. The monoisotopic (exact) mass is 237 g/mol. The summed E-state index contributed by atoms with van der Waals surface area (Å²) in [6.45, 7) is 0. The van der Waals surface area contributed by atoms with Crippen LogP contribution in [0, 0.1) is 0 Å². The Labute approximate surface area is 80.9 Å². The number of benzene rings is 1. The molecule has 0 aliphatic rings. The second kappa shape index (κ2) is 5.37. The van der Waals surface area contributed by atoms with Gasteiger partial charge in [-0.05, 0) is 0 Å². The van der Waals surface area contributed by atoms with Crippen LogP contribution >= 0.6 is 0 Å². The third-order valence-corrected chi connectivity index (χ3v) is 1.83. The molecule has 0 N–H and O–H groups in total. The van der Waals surface area contributed by atoms with Crippen molar-refractivity contribution in [1.29, 1.82) is 0 Å². The fraction of sp³-hybridized carbons (Fsp3) is 0. The standard InChI is InChI=1S/C6H5.H2O4S.Zn/c1-2-4-6-5-3-1;1-5(2,3)4;/h1-5H;(H2,1,2,3,4);/q;;+2/p-2. The van der Waals surface area contributed by atoms with Crippen LogP contribution in [0.2, 0.25) is 0 Å². The molecule has 0 aliphatic heterocycles. The SMILES string of the molecule is O=S(=O)([O-])[O-].[Zn+2][c]1ccccc1. The summed E-state index contributed by atoms with van der Waals surface area (Å²) < 4.78 is 35.5.